The van der Waals surface area contributed by atoms with Gasteiger partial charge in [0.15, 0.2) is 11.6 Å². The Morgan fingerprint density at radius 3 is 2.35 bits per heavy atom. The number of nitrogens with one attached hydrogen (secondary N) is 1. The summed E-state index contributed by atoms with van der Waals surface area (Å²) in [6.07, 6.45) is 3.18. The van der Waals surface area contributed by atoms with Crippen LogP contribution in [0.25, 0.3) is 15.4 Å². The number of esters is 1. The van der Waals surface area contributed by atoms with E-state index in [1.807, 2.05) is 75.9 Å². The molecule has 6 aromatic rings. The summed E-state index contributed by atoms with van der Waals surface area (Å²) >= 11 is 3.27. The van der Waals surface area contributed by atoms with Gasteiger partial charge in [-0.25, -0.2) is 4.98 Å². The lowest BCUT2D eigenvalue weighted by Crippen LogP contribution is -2.50. The minimum absolute atomic E-state index is 0.0281. The van der Waals surface area contributed by atoms with Crippen LogP contribution in [0, 0.1) is 39.0 Å². The lowest BCUT2D eigenvalue weighted by molar-refractivity contribution is -0.144. The van der Waals surface area contributed by atoms with Gasteiger partial charge in [0.05, 0.1) is 47.3 Å². The Morgan fingerprint density at radius 2 is 1.65 bits per heavy atom. The Balaban J connectivity index is 0.925. The van der Waals surface area contributed by atoms with Crippen LogP contribution in [0.15, 0.2) is 77.2 Å². The SMILES string of the molecule is COC(=O)C[C@@H]1N=C(c2ccc(N3CCCc4ccc(C(=O)C[C@H](C(=O)N5CCC[C@H]5C(=O)N[C@@H](C)c5ccc(-c6scnc6C)cc5)C(C)(C)C)cc43)cc2)c2c(sc(C)c2C)-n2c(C)nnc21. The van der Waals surface area contributed by atoms with Gasteiger partial charge in [0, 0.05) is 52.5 Å². The predicted octanol–water partition coefficient (Wildman–Crippen LogP) is 10.3. The zero-order valence-corrected chi connectivity index (χ0v) is 42.5. The van der Waals surface area contributed by atoms with Crippen LogP contribution < -0.4 is 10.2 Å². The highest BCUT2D eigenvalue weighted by Gasteiger charge is 2.42. The Labute approximate surface area is 412 Å². The molecule has 1 fully saturated rings. The van der Waals surface area contributed by atoms with Gasteiger partial charge in [-0.05, 0) is 106 Å². The molecule has 0 radical (unpaired) electrons. The van der Waals surface area contributed by atoms with E-state index in [0.29, 0.717) is 24.4 Å². The smallest absolute Gasteiger partial charge is 0.308 e. The minimum atomic E-state index is -0.631. The first kappa shape index (κ1) is 47.7. The summed E-state index contributed by atoms with van der Waals surface area (Å²) < 4.78 is 7.11. The summed E-state index contributed by atoms with van der Waals surface area (Å²) in [6.45, 7) is 17.3. The minimum Gasteiger partial charge on any atom is -0.469 e. The van der Waals surface area contributed by atoms with Gasteiger partial charge >= 0.3 is 5.97 Å². The van der Waals surface area contributed by atoms with E-state index < -0.39 is 23.4 Å². The number of carbonyl (C=O) groups is 4. The average molecular weight is 965 g/mol. The number of ketones is 1. The Morgan fingerprint density at radius 1 is 0.913 bits per heavy atom. The van der Waals surface area contributed by atoms with Crippen molar-refractivity contribution >= 4 is 63.3 Å². The number of fused-ring (bicyclic) bond motifs is 4. The maximum absolute atomic E-state index is 14.6. The number of methoxy groups -OCH3 is 1. The van der Waals surface area contributed by atoms with Crippen molar-refractivity contribution in [2.24, 2.45) is 16.3 Å². The number of anilines is 2. The van der Waals surface area contributed by atoms with Gasteiger partial charge in [-0.1, -0.05) is 69.3 Å². The van der Waals surface area contributed by atoms with Crippen molar-refractivity contribution in [3.63, 3.8) is 0 Å². The van der Waals surface area contributed by atoms with Crippen LogP contribution in [-0.2, 0) is 25.5 Å². The predicted molar refractivity (Wildman–Crippen MR) is 272 cm³/mol. The number of likely N-dealkylation sites (tertiary alicyclic amines) is 1. The fraction of sp³-hybridized carbons (Fsp3) is 0.407. The number of nitrogens with zero attached hydrogens (tertiary/aromatic N) is 7. The number of Topliss-reactive ketones (excluding diaryl/α,β-unsaturated/α-hetero) is 1. The van der Waals surface area contributed by atoms with Gasteiger partial charge < -0.3 is 19.9 Å². The van der Waals surface area contributed by atoms with E-state index in [1.54, 1.807) is 27.6 Å². The summed E-state index contributed by atoms with van der Waals surface area (Å²) in [4.78, 5) is 71.5. The molecular formula is C54H60N8O5S2. The molecular weight excluding hydrogens is 905 g/mol. The maximum Gasteiger partial charge on any atom is 0.308 e. The molecule has 4 atom stereocenters. The van der Waals surface area contributed by atoms with Crippen LogP contribution in [0.5, 0.6) is 0 Å². The van der Waals surface area contributed by atoms with Crippen LogP contribution in [0.4, 0.5) is 11.4 Å². The number of carbonyl (C=O) groups excluding carboxylic acids is 4. The van der Waals surface area contributed by atoms with Gasteiger partial charge in [0.2, 0.25) is 11.8 Å². The lowest BCUT2D eigenvalue weighted by atomic mass is 9.76. The number of thiazole rings is 1. The highest BCUT2D eigenvalue weighted by Crippen LogP contribution is 2.42. The molecule has 9 rings (SSSR count). The molecule has 3 aromatic heterocycles. The number of amides is 2. The normalized spacial score (nSPS) is 17.6. The second-order valence-corrected chi connectivity index (χ2v) is 21.7. The third kappa shape index (κ3) is 9.30. The largest absolute Gasteiger partial charge is 0.469 e. The number of aliphatic imine (C=N–C) groups is 1. The van der Waals surface area contributed by atoms with Crippen molar-refractivity contribution in [3.05, 3.63) is 128 Å². The first-order valence-corrected chi connectivity index (χ1v) is 25.5. The number of aromatic nitrogens is 4. The molecule has 1 saturated heterocycles. The summed E-state index contributed by atoms with van der Waals surface area (Å²) in [7, 11) is 1.38. The van der Waals surface area contributed by atoms with Crippen molar-refractivity contribution in [1.82, 2.24) is 30.0 Å². The molecule has 0 unspecified atom stereocenters. The zero-order chi connectivity index (χ0) is 48.9. The van der Waals surface area contributed by atoms with Crippen molar-refractivity contribution in [1.29, 1.82) is 0 Å². The van der Waals surface area contributed by atoms with Crippen LogP contribution in [-0.4, -0.2) is 80.2 Å². The fourth-order valence-electron chi connectivity index (χ4n) is 10.0. The maximum atomic E-state index is 14.6. The van der Waals surface area contributed by atoms with E-state index in [0.717, 1.165) is 103 Å². The summed E-state index contributed by atoms with van der Waals surface area (Å²) in [5.74, 6) is -0.113. The van der Waals surface area contributed by atoms with Gasteiger partial charge in [-0.3, -0.25) is 28.7 Å². The Kier molecular flexibility index (Phi) is 13.3. The molecule has 3 aliphatic rings. The molecule has 0 spiro atoms. The summed E-state index contributed by atoms with van der Waals surface area (Å²) in [6, 6.07) is 21.0. The molecule has 0 saturated carbocycles. The average Bonchev–Trinajstić information content (AvgIpc) is 4.14. The van der Waals surface area contributed by atoms with E-state index in [-0.39, 0.29) is 42.5 Å². The van der Waals surface area contributed by atoms with Crippen LogP contribution in [0.3, 0.4) is 0 Å². The standard InChI is InChI=1S/C54H60N8O5S2/c1-30-33(4)69-53-47(30)48(57-42(28-46(64)67-9)50-59-58-34(5)62(50)53)37-20-22-40(23-21-37)60-24-10-12-36-16-19-39(26-44(36)60)45(63)27-41(54(6,7)8)52(66)61-25-11-13-43(61)51(65)56-31(2)35-14-17-38(18-15-35)49-32(3)55-29-68-49/h14-23,26,29,31,41-43H,10-13,24-25,27-28H2,1-9H3,(H,56,65)/t31-,41+,42-,43-/m0/s1. The zero-order valence-electron chi connectivity index (χ0n) is 40.9. The number of hydrogen-bond acceptors (Lipinski definition) is 12. The monoisotopic (exact) mass is 964 g/mol. The van der Waals surface area contributed by atoms with E-state index in [9.17, 15) is 19.2 Å². The number of thiophene rings is 1. The first-order chi connectivity index (χ1) is 33.0. The van der Waals surface area contributed by atoms with Gasteiger partial charge in [-0.15, -0.1) is 32.9 Å². The highest BCUT2D eigenvalue weighted by atomic mass is 32.1. The molecule has 1 N–H and O–H groups in total. The Hall–Kier alpha value is -6.32. The second kappa shape index (κ2) is 19.2. The summed E-state index contributed by atoms with van der Waals surface area (Å²) in [5, 5.41) is 13.0. The number of aryl methyl sites for hydroxylation is 4. The molecule has 0 aliphatic carbocycles. The van der Waals surface area contributed by atoms with E-state index in [1.165, 1.54) is 7.11 Å². The van der Waals surface area contributed by atoms with Crippen molar-refractivity contribution in [2.45, 2.75) is 112 Å². The second-order valence-electron chi connectivity index (χ2n) is 19.7. The number of ether oxygens (including phenoxy) is 1. The van der Waals surface area contributed by atoms with E-state index in [4.69, 9.17) is 9.73 Å². The molecule has 3 aliphatic heterocycles. The highest BCUT2D eigenvalue weighted by molar-refractivity contribution is 7.15. The quantitative estimate of drug-likeness (QED) is 0.0933. The number of hydrogen-bond donors (Lipinski definition) is 1. The third-order valence-corrected chi connectivity index (χ3v) is 16.3. The van der Waals surface area contributed by atoms with Crippen molar-refractivity contribution < 1.29 is 23.9 Å². The van der Waals surface area contributed by atoms with Crippen LogP contribution >= 0.6 is 22.7 Å². The van der Waals surface area contributed by atoms with Gasteiger partial charge in [0.1, 0.15) is 22.9 Å². The molecule has 358 valence electrons. The number of benzene rings is 3. The lowest BCUT2D eigenvalue weighted by Gasteiger charge is -2.35. The summed E-state index contributed by atoms with van der Waals surface area (Å²) in [5.41, 5.74) is 11.8. The van der Waals surface area contributed by atoms with Gasteiger partial charge in [-0.2, -0.15) is 0 Å². The molecule has 0 bridgehead atoms. The molecule has 69 heavy (non-hydrogen) atoms. The Bertz CT molecular complexity index is 2980. The molecule has 15 heteroatoms. The van der Waals surface area contributed by atoms with E-state index in [2.05, 4.69) is 81.7 Å². The van der Waals surface area contributed by atoms with Gasteiger partial charge in [0.25, 0.3) is 0 Å². The van der Waals surface area contributed by atoms with Crippen LogP contribution in [0.1, 0.15) is 132 Å². The van der Waals surface area contributed by atoms with Crippen molar-refractivity contribution in [2.75, 3.05) is 25.1 Å². The first-order valence-electron chi connectivity index (χ1n) is 23.8. The molecule has 13 nitrogen and oxygen atoms in total. The molecule has 3 aromatic carbocycles. The molecule has 6 heterocycles. The third-order valence-electron chi connectivity index (χ3n) is 14.2. The fourth-order valence-corrected chi connectivity index (χ4v) is 12.1. The van der Waals surface area contributed by atoms with Crippen LogP contribution in [0.2, 0.25) is 0 Å². The number of rotatable bonds is 12. The van der Waals surface area contributed by atoms with Crippen molar-refractivity contribution in [3.8, 4) is 15.4 Å². The van der Waals surface area contributed by atoms with E-state index >= 15 is 0 Å². The topological polar surface area (TPSA) is 152 Å². The molecule has 2 amide bonds.